The summed E-state index contributed by atoms with van der Waals surface area (Å²) in [5.41, 5.74) is 7.59. The van der Waals surface area contributed by atoms with Gasteiger partial charge in [0, 0.05) is 29.9 Å². The van der Waals surface area contributed by atoms with Crippen LogP contribution >= 0.6 is 0 Å². The number of hydrogen-bond donors (Lipinski definition) is 1. The van der Waals surface area contributed by atoms with E-state index in [-0.39, 0.29) is 12.2 Å². The van der Waals surface area contributed by atoms with Crippen LogP contribution in [0.25, 0.3) is 22.8 Å². The van der Waals surface area contributed by atoms with Gasteiger partial charge in [-0.3, -0.25) is 0 Å². The van der Waals surface area contributed by atoms with Gasteiger partial charge in [-0.05, 0) is 58.9 Å². The summed E-state index contributed by atoms with van der Waals surface area (Å²) in [5, 5.41) is 3.25. The maximum absolute atomic E-state index is 5.77. The molecule has 0 aliphatic carbocycles. The van der Waals surface area contributed by atoms with Gasteiger partial charge in [-0.15, -0.1) is 0 Å². The average molecular weight is 460 g/mol. The molecule has 3 aromatic carbocycles. The first-order valence-electron chi connectivity index (χ1n) is 11.4. The van der Waals surface area contributed by atoms with Crippen molar-refractivity contribution < 1.29 is 18.9 Å². The van der Waals surface area contributed by atoms with Crippen molar-refractivity contribution in [3.05, 3.63) is 65.2 Å². The van der Waals surface area contributed by atoms with Gasteiger partial charge >= 0.3 is 0 Å². The molecule has 0 unspecified atom stereocenters. The molecule has 178 valence electrons. The molecular formula is C29H33NO4. The Bertz CT molecular complexity index is 1220. The Morgan fingerprint density at radius 3 is 2.21 bits per heavy atom. The van der Waals surface area contributed by atoms with Crippen molar-refractivity contribution in [1.29, 1.82) is 0 Å². The first-order valence-corrected chi connectivity index (χ1v) is 11.4. The molecule has 3 aromatic rings. The van der Waals surface area contributed by atoms with E-state index in [1.54, 1.807) is 14.2 Å². The van der Waals surface area contributed by atoms with Crippen molar-refractivity contribution >= 4 is 17.3 Å². The molecule has 1 aliphatic rings. The molecule has 1 N–H and O–H groups in total. The Balaban J connectivity index is 1.80. The van der Waals surface area contributed by atoms with Gasteiger partial charge in [-0.25, -0.2) is 0 Å². The highest BCUT2D eigenvalue weighted by Crippen LogP contribution is 2.42. The number of anilines is 1. The van der Waals surface area contributed by atoms with E-state index >= 15 is 0 Å². The number of ether oxygens (including phenoxy) is 4. The molecule has 0 amide bonds. The Morgan fingerprint density at radius 1 is 0.941 bits per heavy atom. The minimum atomic E-state index is 0.0944. The highest BCUT2D eigenvalue weighted by atomic mass is 16.7. The number of fused-ring (bicyclic) bond motifs is 1. The molecule has 0 saturated heterocycles. The second-order valence-corrected chi connectivity index (χ2v) is 9.46. The van der Waals surface area contributed by atoms with E-state index in [0.29, 0.717) is 5.75 Å². The number of allylic oxidation sites excluding steroid dienone is 1. The predicted molar refractivity (Wildman–Crippen MR) is 139 cm³/mol. The summed E-state index contributed by atoms with van der Waals surface area (Å²) in [6.45, 7) is 9.00. The SMILES string of the molecule is CNc1cc2c(cc1/C=C(\C)c1cc(OC)c(OC)c(-c3ccc(C(C)(C)C)cc3)c1)OCO2. The predicted octanol–water partition coefficient (Wildman–Crippen LogP) is 7.00. The van der Waals surface area contributed by atoms with Crippen molar-refractivity contribution in [3.8, 4) is 34.1 Å². The van der Waals surface area contributed by atoms with Crippen LogP contribution in [-0.2, 0) is 5.41 Å². The maximum Gasteiger partial charge on any atom is 0.231 e. The van der Waals surface area contributed by atoms with Crippen LogP contribution in [0, 0.1) is 0 Å². The molecular weight excluding hydrogens is 426 g/mol. The Labute approximate surface area is 202 Å². The van der Waals surface area contributed by atoms with Crippen LogP contribution in [0.1, 0.15) is 44.4 Å². The maximum atomic E-state index is 5.77. The molecule has 0 fully saturated rings. The number of hydrogen-bond acceptors (Lipinski definition) is 5. The van der Waals surface area contributed by atoms with Gasteiger partial charge in [0.15, 0.2) is 23.0 Å². The Kier molecular flexibility index (Phi) is 6.47. The van der Waals surface area contributed by atoms with Gasteiger partial charge in [-0.1, -0.05) is 45.0 Å². The third kappa shape index (κ3) is 4.56. The van der Waals surface area contributed by atoms with Gasteiger partial charge in [-0.2, -0.15) is 0 Å². The summed E-state index contributed by atoms with van der Waals surface area (Å²) in [7, 11) is 5.25. The summed E-state index contributed by atoms with van der Waals surface area (Å²) >= 11 is 0. The van der Waals surface area contributed by atoms with Crippen molar-refractivity contribution in [2.24, 2.45) is 0 Å². The minimum Gasteiger partial charge on any atom is -0.493 e. The van der Waals surface area contributed by atoms with E-state index < -0.39 is 0 Å². The summed E-state index contributed by atoms with van der Waals surface area (Å²) in [4.78, 5) is 0. The van der Waals surface area contributed by atoms with E-state index in [2.05, 4.69) is 69.4 Å². The molecule has 0 saturated carbocycles. The first-order chi connectivity index (χ1) is 16.2. The zero-order chi connectivity index (χ0) is 24.5. The zero-order valence-corrected chi connectivity index (χ0v) is 21.0. The van der Waals surface area contributed by atoms with Crippen LogP contribution in [0.3, 0.4) is 0 Å². The van der Waals surface area contributed by atoms with Crippen molar-refractivity contribution in [2.75, 3.05) is 33.4 Å². The fourth-order valence-corrected chi connectivity index (χ4v) is 4.17. The quantitative estimate of drug-likeness (QED) is 0.402. The monoisotopic (exact) mass is 459 g/mol. The van der Waals surface area contributed by atoms with Gasteiger partial charge in [0.25, 0.3) is 0 Å². The molecule has 0 spiro atoms. The summed E-state index contributed by atoms with van der Waals surface area (Å²) in [6.07, 6.45) is 2.14. The number of methoxy groups -OCH3 is 2. The fourth-order valence-electron chi connectivity index (χ4n) is 4.17. The van der Waals surface area contributed by atoms with Crippen LogP contribution in [0.2, 0.25) is 0 Å². The smallest absolute Gasteiger partial charge is 0.231 e. The first kappa shape index (κ1) is 23.6. The van der Waals surface area contributed by atoms with Gasteiger partial charge in [0.05, 0.1) is 14.2 Å². The summed E-state index contributed by atoms with van der Waals surface area (Å²) in [6, 6.07) is 16.8. The van der Waals surface area contributed by atoms with Crippen molar-refractivity contribution in [1.82, 2.24) is 0 Å². The minimum absolute atomic E-state index is 0.0944. The van der Waals surface area contributed by atoms with E-state index in [4.69, 9.17) is 18.9 Å². The van der Waals surface area contributed by atoms with Gasteiger partial charge in [0.2, 0.25) is 6.79 Å². The average Bonchev–Trinajstić information content (AvgIpc) is 3.29. The number of nitrogens with one attached hydrogen (secondary N) is 1. The molecule has 0 radical (unpaired) electrons. The standard InChI is InChI=1S/C29H33NO4/c1-18(12-21-15-25-26(34-17-33-25)16-24(21)30-5)20-13-23(28(32-7)27(14-20)31-6)19-8-10-22(11-9-19)29(2,3)4/h8-16,30H,17H2,1-7H3/b18-12+. The van der Waals surface area contributed by atoms with Crippen LogP contribution < -0.4 is 24.3 Å². The second kappa shape index (κ2) is 9.34. The van der Waals surface area contributed by atoms with Gasteiger partial charge < -0.3 is 24.3 Å². The normalized spacial score (nSPS) is 13.1. The molecule has 4 rings (SSSR count). The van der Waals surface area contributed by atoms with E-state index in [1.165, 1.54) is 5.56 Å². The lowest BCUT2D eigenvalue weighted by atomic mass is 9.86. The van der Waals surface area contributed by atoms with E-state index in [9.17, 15) is 0 Å². The van der Waals surface area contributed by atoms with Crippen LogP contribution in [0.4, 0.5) is 5.69 Å². The lowest BCUT2D eigenvalue weighted by molar-refractivity contribution is 0.174. The topological polar surface area (TPSA) is 49.0 Å². The summed E-state index contributed by atoms with van der Waals surface area (Å²) in [5.74, 6) is 2.93. The molecule has 5 nitrogen and oxygen atoms in total. The van der Waals surface area contributed by atoms with Crippen LogP contribution in [-0.4, -0.2) is 28.1 Å². The highest BCUT2D eigenvalue weighted by molar-refractivity contribution is 5.88. The van der Waals surface area contributed by atoms with E-state index in [1.807, 2.05) is 25.2 Å². The van der Waals surface area contributed by atoms with Gasteiger partial charge in [0.1, 0.15) is 0 Å². The van der Waals surface area contributed by atoms with Crippen molar-refractivity contribution in [3.63, 3.8) is 0 Å². The number of rotatable bonds is 6. The molecule has 0 aromatic heterocycles. The van der Waals surface area contributed by atoms with E-state index in [0.717, 1.165) is 50.8 Å². The van der Waals surface area contributed by atoms with Crippen LogP contribution in [0.15, 0.2) is 48.5 Å². The lowest BCUT2D eigenvalue weighted by Gasteiger charge is -2.20. The fraction of sp³-hybridized carbons (Fsp3) is 0.310. The molecule has 34 heavy (non-hydrogen) atoms. The molecule has 0 bridgehead atoms. The Hall–Kier alpha value is -3.60. The zero-order valence-electron chi connectivity index (χ0n) is 21.0. The largest absolute Gasteiger partial charge is 0.493 e. The van der Waals surface area contributed by atoms with Crippen molar-refractivity contribution in [2.45, 2.75) is 33.1 Å². The lowest BCUT2D eigenvalue weighted by Crippen LogP contribution is -2.10. The molecule has 5 heteroatoms. The number of benzene rings is 3. The molecule has 1 aliphatic heterocycles. The van der Waals surface area contributed by atoms with Crippen LogP contribution in [0.5, 0.6) is 23.0 Å². The second-order valence-electron chi connectivity index (χ2n) is 9.46. The molecule has 0 atom stereocenters. The highest BCUT2D eigenvalue weighted by Gasteiger charge is 2.19. The molecule has 1 heterocycles. The Morgan fingerprint density at radius 2 is 1.62 bits per heavy atom. The third-order valence-corrected chi connectivity index (χ3v) is 6.18. The summed E-state index contributed by atoms with van der Waals surface area (Å²) < 4.78 is 22.6. The third-order valence-electron chi connectivity index (χ3n) is 6.18.